The van der Waals surface area contributed by atoms with Crippen molar-refractivity contribution in [2.24, 2.45) is 0 Å². The summed E-state index contributed by atoms with van der Waals surface area (Å²) in [5.41, 5.74) is 0.232. The van der Waals surface area contributed by atoms with Crippen molar-refractivity contribution in [2.75, 3.05) is 5.32 Å². The van der Waals surface area contributed by atoms with E-state index >= 15 is 0 Å². The molecule has 0 aliphatic heterocycles. The highest BCUT2D eigenvalue weighted by atomic mass is 35.5. The average molecular weight is 352 g/mol. The molecule has 2 aromatic carbocycles. The lowest BCUT2D eigenvalue weighted by Gasteiger charge is -2.12. The quantitative estimate of drug-likeness (QED) is 0.666. The van der Waals surface area contributed by atoms with Gasteiger partial charge in [-0.3, -0.25) is 0 Å². The van der Waals surface area contributed by atoms with E-state index in [-0.39, 0.29) is 0 Å². The molecule has 0 atom stereocenters. The zero-order valence-electron chi connectivity index (χ0n) is 12.7. The van der Waals surface area contributed by atoms with Crippen LogP contribution in [0.4, 0.5) is 24.7 Å². The van der Waals surface area contributed by atoms with Gasteiger partial charge >= 0.3 is 6.18 Å². The minimum Gasteiger partial charge on any atom is -0.340 e. The van der Waals surface area contributed by atoms with E-state index in [9.17, 15) is 13.2 Å². The smallest absolute Gasteiger partial charge is 0.340 e. The molecule has 3 rings (SSSR count). The number of fused-ring (bicyclic) bond motifs is 1. The predicted molar refractivity (Wildman–Crippen MR) is 88.7 cm³/mol. The van der Waals surface area contributed by atoms with Gasteiger partial charge in [0.15, 0.2) is 0 Å². The Morgan fingerprint density at radius 3 is 2.58 bits per heavy atom. The molecule has 0 aliphatic carbocycles. The van der Waals surface area contributed by atoms with Crippen LogP contribution in [0.5, 0.6) is 0 Å². The van der Waals surface area contributed by atoms with E-state index in [2.05, 4.69) is 15.3 Å². The number of hydrogen-bond donors (Lipinski definition) is 1. The molecule has 3 nitrogen and oxygen atoms in total. The van der Waals surface area contributed by atoms with Crippen LogP contribution in [-0.4, -0.2) is 9.97 Å². The SMILES string of the molecule is CCc1nc(Nc2cccc(C(F)(F)F)c2)c2ccc(Cl)cc2n1. The minimum absolute atomic E-state index is 0.307. The normalized spacial score (nSPS) is 11.7. The summed E-state index contributed by atoms with van der Waals surface area (Å²) in [5.74, 6) is 1.03. The first-order chi connectivity index (χ1) is 11.4. The van der Waals surface area contributed by atoms with E-state index in [1.165, 1.54) is 6.07 Å². The van der Waals surface area contributed by atoms with Gasteiger partial charge < -0.3 is 5.32 Å². The lowest BCUT2D eigenvalue weighted by atomic mass is 10.2. The van der Waals surface area contributed by atoms with Crippen molar-refractivity contribution in [2.45, 2.75) is 19.5 Å². The molecule has 0 bridgehead atoms. The molecule has 0 aliphatic rings. The van der Waals surface area contributed by atoms with Crippen molar-refractivity contribution < 1.29 is 13.2 Å². The molecular formula is C17H13ClF3N3. The molecular weight excluding hydrogens is 339 g/mol. The molecule has 1 aromatic heterocycles. The second kappa shape index (κ2) is 6.28. The van der Waals surface area contributed by atoms with Crippen LogP contribution in [-0.2, 0) is 12.6 Å². The fraction of sp³-hybridized carbons (Fsp3) is 0.176. The molecule has 1 N–H and O–H groups in total. The van der Waals surface area contributed by atoms with Gasteiger partial charge in [0, 0.05) is 22.5 Å². The number of halogens is 4. The third-order valence-electron chi connectivity index (χ3n) is 3.47. The first-order valence-corrected chi connectivity index (χ1v) is 7.65. The topological polar surface area (TPSA) is 37.8 Å². The number of nitrogens with one attached hydrogen (secondary N) is 1. The third kappa shape index (κ3) is 3.43. The van der Waals surface area contributed by atoms with Crippen LogP contribution in [0.15, 0.2) is 42.5 Å². The Hall–Kier alpha value is -2.34. The number of aromatic nitrogens is 2. The summed E-state index contributed by atoms with van der Waals surface area (Å²) in [5, 5.41) is 4.18. The second-order valence-corrected chi connectivity index (χ2v) is 5.64. The van der Waals surface area contributed by atoms with Gasteiger partial charge in [-0.2, -0.15) is 13.2 Å². The first kappa shape index (κ1) is 16.5. The Balaban J connectivity index is 2.07. The molecule has 24 heavy (non-hydrogen) atoms. The monoisotopic (exact) mass is 351 g/mol. The molecule has 0 unspecified atom stereocenters. The predicted octanol–water partition coefficient (Wildman–Crippen LogP) is 5.61. The Morgan fingerprint density at radius 1 is 1.08 bits per heavy atom. The molecule has 0 amide bonds. The highest BCUT2D eigenvalue weighted by molar-refractivity contribution is 6.31. The van der Waals surface area contributed by atoms with Crippen LogP contribution in [0.25, 0.3) is 10.9 Å². The van der Waals surface area contributed by atoms with E-state index in [1.807, 2.05) is 6.92 Å². The molecule has 0 spiro atoms. The van der Waals surface area contributed by atoms with Crippen molar-refractivity contribution in [3.05, 3.63) is 58.9 Å². The summed E-state index contributed by atoms with van der Waals surface area (Å²) in [6, 6.07) is 10.1. The number of anilines is 2. The van der Waals surface area contributed by atoms with Crippen molar-refractivity contribution in [3.8, 4) is 0 Å². The van der Waals surface area contributed by atoms with Crippen LogP contribution in [0, 0.1) is 0 Å². The number of rotatable bonds is 3. The maximum Gasteiger partial charge on any atom is 0.416 e. The highest BCUT2D eigenvalue weighted by Crippen LogP contribution is 2.32. The third-order valence-corrected chi connectivity index (χ3v) is 3.71. The summed E-state index contributed by atoms with van der Waals surface area (Å²) in [6.07, 6.45) is -3.80. The summed E-state index contributed by atoms with van der Waals surface area (Å²) >= 11 is 5.99. The summed E-state index contributed by atoms with van der Waals surface area (Å²) < 4.78 is 38.6. The van der Waals surface area contributed by atoms with Gasteiger partial charge in [0.2, 0.25) is 0 Å². The lowest BCUT2D eigenvalue weighted by Crippen LogP contribution is -2.06. The molecule has 0 radical (unpaired) electrons. The van der Waals surface area contributed by atoms with E-state index < -0.39 is 11.7 Å². The zero-order valence-corrected chi connectivity index (χ0v) is 13.4. The largest absolute Gasteiger partial charge is 0.416 e. The molecule has 124 valence electrons. The van der Waals surface area contributed by atoms with Gasteiger partial charge in [-0.25, -0.2) is 9.97 Å². The Labute approximate surface area is 141 Å². The van der Waals surface area contributed by atoms with E-state index in [0.29, 0.717) is 39.7 Å². The molecule has 0 fully saturated rings. The van der Waals surface area contributed by atoms with Crippen molar-refractivity contribution in [1.82, 2.24) is 9.97 Å². The average Bonchev–Trinajstić information content (AvgIpc) is 2.53. The number of hydrogen-bond acceptors (Lipinski definition) is 3. The van der Waals surface area contributed by atoms with Gasteiger partial charge in [0.25, 0.3) is 0 Å². The zero-order chi connectivity index (χ0) is 17.3. The second-order valence-electron chi connectivity index (χ2n) is 5.21. The van der Waals surface area contributed by atoms with Gasteiger partial charge in [-0.15, -0.1) is 0 Å². The first-order valence-electron chi connectivity index (χ1n) is 7.27. The number of benzene rings is 2. The maximum atomic E-state index is 12.9. The molecule has 3 aromatic rings. The van der Waals surface area contributed by atoms with Gasteiger partial charge in [-0.05, 0) is 36.4 Å². The standard InChI is InChI=1S/C17H13ClF3N3/c1-2-15-23-14-9-11(18)6-7-13(14)16(24-15)22-12-5-3-4-10(8-12)17(19,20)21/h3-9H,2H2,1H3,(H,22,23,24). The van der Waals surface area contributed by atoms with Gasteiger partial charge in [0.1, 0.15) is 11.6 Å². The van der Waals surface area contributed by atoms with E-state index in [1.54, 1.807) is 24.3 Å². The maximum absolute atomic E-state index is 12.9. The Kier molecular flexibility index (Phi) is 4.32. The molecule has 0 saturated carbocycles. The summed E-state index contributed by atoms with van der Waals surface area (Å²) in [6.45, 7) is 1.90. The molecule has 1 heterocycles. The van der Waals surface area contributed by atoms with Crippen LogP contribution in [0.3, 0.4) is 0 Å². The van der Waals surface area contributed by atoms with Crippen LogP contribution < -0.4 is 5.32 Å². The summed E-state index contributed by atoms with van der Waals surface area (Å²) in [4.78, 5) is 8.79. The van der Waals surface area contributed by atoms with Crippen molar-refractivity contribution in [1.29, 1.82) is 0 Å². The highest BCUT2D eigenvalue weighted by Gasteiger charge is 2.30. The number of alkyl halides is 3. The lowest BCUT2D eigenvalue weighted by molar-refractivity contribution is -0.137. The fourth-order valence-electron chi connectivity index (χ4n) is 2.31. The Bertz CT molecular complexity index is 894. The summed E-state index contributed by atoms with van der Waals surface area (Å²) in [7, 11) is 0. The van der Waals surface area contributed by atoms with Gasteiger partial charge in [0.05, 0.1) is 11.1 Å². The van der Waals surface area contributed by atoms with Crippen LogP contribution in [0.2, 0.25) is 5.02 Å². The van der Waals surface area contributed by atoms with Crippen LogP contribution in [0.1, 0.15) is 18.3 Å². The molecule has 7 heteroatoms. The fourth-order valence-corrected chi connectivity index (χ4v) is 2.48. The van der Waals surface area contributed by atoms with E-state index in [0.717, 1.165) is 12.1 Å². The number of aryl methyl sites for hydroxylation is 1. The minimum atomic E-state index is -4.40. The van der Waals surface area contributed by atoms with Gasteiger partial charge in [-0.1, -0.05) is 24.6 Å². The van der Waals surface area contributed by atoms with Crippen molar-refractivity contribution >= 4 is 34.0 Å². The van der Waals surface area contributed by atoms with Crippen LogP contribution >= 0.6 is 11.6 Å². The molecule has 0 saturated heterocycles. The van der Waals surface area contributed by atoms with E-state index in [4.69, 9.17) is 11.6 Å². The van der Waals surface area contributed by atoms with Crippen molar-refractivity contribution in [3.63, 3.8) is 0 Å². The number of nitrogens with zero attached hydrogens (tertiary/aromatic N) is 2. The Morgan fingerprint density at radius 2 is 1.88 bits per heavy atom.